The summed E-state index contributed by atoms with van der Waals surface area (Å²) in [6.45, 7) is 2.00. The third kappa shape index (κ3) is 2.48. The van der Waals surface area contributed by atoms with Gasteiger partial charge >= 0.3 is 0 Å². The maximum Gasteiger partial charge on any atom is 0.216 e. The van der Waals surface area contributed by atoms with Gasteiger partial charge in [0, 0.05) is 17.7 Å². The molecule has 80 valence electrons. The summed E-state index contributed by atoms with van der Waals surface area (Å²) in [6.07, 6.45) is 1.57. The molecule has 0 atom stereocenters. The number of rotatable bonds is 2. The number of nitrogens with zero attached hydrogens (tertiary/aromatic N) is 1. The van der Waals surface area contributed by atoms with Crippen LogP contribution in [0.5, 0.6) is 0 Å². The first-order chi connectivity index (χ1) is 7.75. The van der Waals surface area contributed by atoms with Gasteiger partial charge in [-0.05, 0) is 19.1 Å². The van der Waals surface area contributed by atoms with Crippen molar-refractivity contribution in [1.29, 1.82) is 0 Å². The van der Waals surface area contributed by atoms with E-state index < -0.39 is 0 Å². The van der Waals surface area contributed by atoms with Crippen LogP contribution in [0.15, 0.2) is 54.6 Å². The summed E-state index contributed by atoms with van der Waals surface area (Å²) >= 11 is 0. The average molecular weight is 211 g/mol. The van der Waals surface area contributed by atoms with Crippen LogP contribution in [0.4, 0.5) is 5.69 Å². The van der Waals surface area contributed by atoms with Crippen molar-refractivity contribution in [2.24, 2.45) is 0 Å². The van der Waals surface area contributed by atoms with Gasteiger partial charge in [-0.15, -0.1) is 0 Å². The van der Waals surface area contributed by atoms with E-state index in [1.54, 1.807) is 6.21 Å². The Morgan fingerprint density at radius 1 is 0.938 bits per heavy atom. The van der Waals surface area contributed by atoms with Crippen LogP contribution in [-0.4, -0.2) is 11.0 Å². The van der Waals surface area contributed by atoms with Gasteiger partial charge in [0.1, 0.15) is 0 Å². The lowest BCUT2D eigenvalue weighted by atomic mass is 10.2. The molecule has 2 rings (SSSR count). The predicted octanol–water partition coefficient (Wildman–Crippen LogP) is 3.26. The van der Waals surface area contributed by atoms with E-state index in [4.69, 9.17) is 0 Å². The van der Waals surface area contributed by atoms with Crippen molar-refractivity contribution >= 4 is 11.9 Å². The molecule has 0 unspecified atom stereocenters. The molecule has 0 fully saturated rings. The van der Waals surface area contributed by atoms with E-state index >= 15 is 0 Å². The first kappa shape index (κ1) is 10.4. The van der Waals surface area contributed by atoms with E-state index in [1.165, 1.54) is 0 Å². The van der Waals surface area contributed by atoms with Crippen LogP contribution in [0.25, 0.3) is 0 Å². The van der Waals surface area contributed by atoms with Crippen molar-refractivity contribution in [2.75, 3.05) is 0 Å². The molecule has 16 heavy (non-hydrogen) atoms. The number of aryl methyl sites for hydroxylation is 1. The Bertz CT molecular complexity index is 486. The molecule has 0 saturated carbocycles. The third-order valence-electron chi connectivity index (χ3n) is 2.35. The van der Waals surface area contributed by atoms with Gasteiger partial charge in [-0.3, -0.25) is 0 Å². The highest BCUT2D eigenvalue weighted by molar-refractivity contribution is 5.76. The first-order valence-electron chi connectivity index (χ1n) is 5.19. The number of hydrogen-bond donors (Lipinski definition) is 0. The molecule has 0 aliphatic carbocycles. The Hall–Kier alpha value is -2.09. The van der Waals surface area contributed by atoms with Crippen LogP contribution in [0.1, 0.15) is 11.1 Å². The molecule has 2 heteroatoms. The molecule has 0 bridgehead atoms. The van der Waals surface area contributed by atoms with Crippen LogP contribution in [0, 0.1) is 12.1 Å². The summed E-state index contributed by atoms with van der Waals surface area (Å²) in [4.78, 5) is 0. The fourth-order valence-electron chi connectivity index (χ4n) is 1.44. The minimum atomic E-state index is 0.648. The summed E-state index contributed by atoms with van der Waals surface area (Å²) in [5.74, 6) is 0. The SMILES string of the molecule is Cc1ccc(/[N+]([O-])=C/c2ccccc2)cc1. The lowest BCUT2D eigenvalue weighted by Crippen LogP contribution is -1.98. The molecular weight excluding hydrogens is 198 g/mol. The topological polar surface area (TPSA) is 26.1 Å². The van der Waals surface area contributed by atoms with Crippen molar-refractivity contribution < 1.29 is 4.74 Å². The molecule has 0 N–H and O–H groups in total. The predicted molar refractivity (Wildman–Crippen MR) is 66.1 cm³/mol. The first-order valence-corrected chi connectivity index (χ1v) is 5.19. The highest BCUT2D eigenvalue weighted by atomic mass is 16.5. The van der Waals surface area contributed by atoms with Crippen molar-refractivity contribution in [1.82, 2.24) is 0 Å². The zero-order valence-corrected chi connectivity index (χ0v) is 9.13. The summed E-state index contributed by atoms with van der Waals surface area (Å²) in [7, 11) is 0. The molecular formula is C14H13NO. The smallest absolute Gasteiger partial charge is 0.216 e. The normalized spacial score (nSPS) is 11.4. The van der Waals surface area contributed by atoms with Crippen LogP contribution < -0.4 is 0 Å². The monoisotopic (exact) mass is 211 g/mol. The van der Waals surface area contributed by atoms with E-state index in [1.807, 2.05) is 61.5 Å². The lowest BCUT2D eigenvalue weighted by molar-refractivity contribution is -0.354. The second-order valence-electron chi connectivity index (χ2n) is 3.70. The number of hydrogen-bond acceptors (Lipinski definition) is 1. The Labute approximate surface area is 95.1 Å². The Balaban J connectivity index is 2.28. The molecule has 2 nitrogen and oxygen atoms in total. The van der Waals surface area contributed by atoms with Gasteiger partial charge in [-0.1, -0.05) is 35.9 Å². The van der Waals surface area contributed by atoms with Gasteiger partial charge in [0.2, 0.25) is 5.69 Å². The Morgan fingerprint density at radius 3 is 2.19 bits per heavy atom. The molecule has 0 spiro atoms. The zero-order valence-electron chi connectivity index (χ0n) is 9.13. The van der Waals surface area contributed by atoms with Crippen molar-refractivity contribution in [3.8, 4) is 0 Å². The standard InChI is InChI=1S/C14H13NO/c1-12-7-9-14(10-8-12)15(16)11-13-5-3-2-4-6-13/h2-11H,1H3/b15-11-. The second kappa shape index (κ2) is 4.62. The summed E-state index contributed by atoms with van der Waals surface area (Å²) in [5.41, 5.74) is 2.70. The van der Waals surface area contributed by atoms with Gasteiger partial charge in [0.05, 0.1) is 0 Å². The molecule has 0 heterocycles. The average Bonchev–Trinajstić information content (AvgIpc) is 2.31. The largest absolute Gasteiger partial charge is 0.618 e. The van der Waals surface area contributed by atoms with Crippen molar-refractivity contribution in [2.45, 2.75) is 6.92 Å². The highest BCUT2D eigenvalue weighted by Crippen LogP contribution is 2.11. The molecule has 2 aromatic carbocycles. The van der Waals surface area contributed by atoms with E-state index in [0.29, 0.717) is 5.69 Å². The van der Waals surface area contributed by atoms with Crippen LogP contribution >= 0.6 is 0 Å². The van der Waals surface area contributed by atoms with Crippen LogP contribution in [0.3, 0.4) is 0 Å². The lowest BCUT2D eigenvalue weighted by Gasteiger charge is -2.02. The van der Waals surface area contributed by atoms with Gasteiger partial charge in [-0.2, -0.15) is 4.74 Å². The van der Waals surface area contributed by atoms with E-state index in [-0.39, 0.29) is 0 Å². The van der Waals surface area contributed by atoms with Crippen molar-refractivity contribution in [3.63, 3.8) is 0 Å². The van der Waals surface area contributed by atoms with Gasteiger partial charge in [0.25, 0.3) is 0 Å². The van der Waals surface area contributed by atoms with E-state index in [9.17, 15) is 5.21 Å². The zero-order chi connectivity index (χ0) is 11.4. The van der Waals surface area contributed by atoms with Crippen LogP contribution in [0.2, 0.25) is 0 Å². The van der Waals surface area contributed by atoms with Crippen molar-refractivity contribution in [3.05, 3.63) is 70.9 Å². The maximum absolute atomic E-state index is 11.8. The van der Waals surface area contributed by atoms with E-state index in [2.05, 4.69) is 0 Å². The summed E-state index contributed by atoms with van der Waals surface area (Å²) in [6, 6.07) is 17.1. The maximum atomic E-state index is 11.8. The van der Waals surface area contributed by atoms with E-state index in [0.717, 1.165) is 15.9 Å². The minimum Gasteiger partial charge on any atom is -0.618 e. The highest BCUT2D eigenvalue weighted by Gasteiger charge is 2.00. The second-order valence-corrected chi connectivity index (χ2v) is 3.70. The fraction of sp³-hybridized carbons (Fsp3) is 0.0714. The molecule has 0 radical (unpaired) electrons. The number of benzene rings is 2. The third-order valence-corrected chi connectivity index (χ3v) is 2.35. The molecule has 0 amide bonds. The minimum absolute atomic E-state index is 0.648. The fourth-order valence-corrected chi connectivity index (χ4v) is 1.44. The van der Waals surface area contributed by atoms with Gasteiger partial charge < -0.3 is 5.21 Å². The Kier molecular flexibility index (Phi) is 3.01. The molecule has 0 aromatic heterocycles. The quantitative estimate of drug-likeness (QED) is 0.324. The van der Waals surface area contributed by atoms with Gasteiger partial charge in [0.15, 0.2) is 6.21 Å². The summed E-state index contributed by atoms with van der Waals surface area (Å²) in [5, 5.41) is 11.8. The Morgan fingerprint density at radius 2 is 1.56 bits per heavy atom. The summed E-state index contributed by atoms with van der Waals surface area (Å²) < 4.78 is 0.884. The molecule has 0 aliphatic rings. The molecule has 2 aromatic rings. The van der Waals surface area contributed by atoms with Gasteiger partial charge in [-0.25, -0.2) is 0 Å². The molecule has 0 aliphatic heterocycles. The molecule has 0 saturated heterocycles. The van der Waals surface area contributed by atoms with Crippen LogP contribution in [-0.2, 0) is 0 Å².